The van der Waals surface area contributed by atoms with Gasteiger partial charge >= 0.3 is 0 Å². The highest BCUT2D eigenvalue weighted by Gasteiger charge is 2.14. The molecule has 4 nitrogen and oxygen atoms in total. The van der Waals surface area contributed by atoms with Crippen LogP contribution < -0.4 is 14.8 Å². The molecule has 0 fully saturated rings. The predicted octanol–water partition coefficient (Wildman–Crippen LogP) is 4.76. The van der Waals surface area contributed by atoms with E-state index in [1.54, 1.807) is 38.1 Å². The molecule has 0 saturated heterocycles. The molecule has 2 aromatic rings. The lowest BCUT2D eigenvalue weighted by molar-refractivity contribution is -0.112. The lowest BCUT2D eigenvalue weighted by atomic mass is 10.2. The van der Waals surface area contributed by atoms with E-state index in [2.05, 4.69) is 5.32 Å². The topological polar surface area (TPSA) is 47.6 Å². The van der Waals surface area contributed by atoms with Gasteiger partial charge in [-0.3, -0.25) is 4.79 Å². The van der Waals surface area contributed by atoms with Crippen LogP contribution in [0, 0.1) is 0 Å². The minimum atomic E-state index is -0.196. The summed E-state index contributed by atoms with van der Waals surface area (Å²) in [5.41, 5.74) is 1.50. The van der Waals surface area contributed by atoms with Crippen LogP contribution in [-0.2, 0) is 4.79 Å². The number of allylic oxidation sites excluding steroid dienone is 1. The number of carbonyl (C=O) groups is 1. The van der Waals surface area contributed by atoms with E-state index < -0.39 is 0 Å². The van der Waals surface area contributed by atoms with Gasteiger partial charge in [-0.05, 0) is 32.0 Å². The molecule has 0 spiro atoms. The molecule has 2 aromatic carbocycles. The van der Waals surface area contributed by atoms with E-state index in [0.29, 0.717) is 17.2 Å². The zero-order valence-corrected chi connectivity index (χ0v) is 15.1. The van der Waals surface area contributed by atoms with Crippen molar-refractivity contribution in [3.05, 3.63) is 54.1 Å². The Bertz CT molecular complexity index is 738. The van der Waals surface area contributed by atoms with Gasteiger partial charge in [0.15, 0.2) is 0 Å². The summed E-state index contributed by atoms with van der Waals surface area (Å²) in [6.45, 7) is 3.74. The molecule has 0 aliphatic rings. The molecule has 126 valence electrons. The zero-order valence-electron chi connectivity index (χ0n) is 14.3. The van der Waals surface area contributed by atoms with E-state index in [0.717, 1.165) is 15.4 Å². The molecular weight excluding hydrogens is 322 g/mol. The molecule has 1 N–H and O–H groups in total. The van der Waals surface area contributed by atoms with Crippen molar-refractivity contribution in [3.8, 4) is 11.5 Å². The SMILES string of the molecule is COc1cc(Sc2ccccc2)c(OC)cc1NC(=O)C=C(C)C. The largest absolute Gasteiger partial charge is 0.495 e. The molecule has 0 heterocycles. The van der Waals surface area contributed by atoms with E-state index in [4.69, 9.17) is 9.47 Å². The molecule has 1 amide bonds. The van der Waals surface area contributed by atoms with Gasteiger partial charge in [0.05, 0.1) is 24.8 Å². The van der Waals surface area contributed by atoms with Gasteiger partial charge in [0.25, 0.3) is 0 Å². The molecule has 0 unspecified atom stereocenters. The van der Waals surface area contributed by atoms with Crippen molar-refractivity contribution in [2.75, 3.05) is 19.5 Å². The van der Waals surface area contributed by atoms with Crippen LogP contribution in [0.3, 0.4) is 0 Å². The van der Waals surface area contributed by atoms with Crippen LogP contribution in [0.4, 0.5) is 5.69 Å². The Morgan fingerprint density at radius 3 is 2.29 bits per heavy atom. The van der Waals surface area contributed by atoms with Crippen molar-refractivity contribution in [2.24, 2.45) is 0 Å². The molecule has 0 radical (unpaired) electrons. The van der Waals surface area contributed by atoms with Crippen LogP contribution in [0.15, 0.2) is 63.9 Å². The molecule has 0 saturated carbocycles. The van der Waals surface area contributed by atoms with Crippen LogP contribution in [0.5, 0.6) is 11.5 Å². The van der Waals surface area contributed by atoms with Crippen molar-refractivity contribution in [2.45, 2.75) is 23.6 Å². The zero-order chi connectivity index (χ0) is 17.5. The maximum atomic E-state index is 12.0. The van der Waals surface area contributed by atoms with Gasteiger partial charge in [-0.15, -0.1) is 0 Å². The smallest absolute Gasteiger partial charge is 0.248 e. The third kappa shape index (κ3) is 4.80. The van der Waals surface area contributed by atoms with Gasteiger partial charge in [-0.25, -0.2) is 0 Å². The minimum absolute atomic E-state index is 0.196. The third-order valence-electron chi connectivity index (χ3n) is 3.13. The molecule has 2 rings (SSSR count). The minimum Gasteiger partial charge on any atom is -0.495 e. The first-order chi connectivity index (χ1) is 11.5. The average Bonchev–Trinajstić information content (AvgIpc) is 2.56. The Kier molecular flexibility index (Phi) is 6.32. The van der Waals surface area contributed by atoms with Crippen molar-refractivity contribution in [1.82, 2.24) is 0 Å². The predicted molar refractivity (Wildman–Crippen MR) is 98.2 cm³/mol. The van der Waals surface area contributed by atoms with Gasteiger partial charge in [0.1, 0.15) is 11.5 Å². The summed E-state index contributed by atoms with van der Waals surface area (Å²) in [5, 5.41) is 2.83. The summed E-state index contributed by atoms with van der Waals surface area (Å²) in [6, 6.07) is 13.7. The molecule has 0 bridgehead atoms. The summed E-state index contributed by atoms with van der Waals surface area (Å²) >= 11 is 1.58. The van der Waals surface area contributed by atoms with Crippen molar-refractivity contribution < 1.29 is 14.3 Å². The van der Waals surface area contributed by atoms with Crippen LogP contribution in [0.25, 0.3) is 0 Å². The maximum absolute atomic E-state index is 12.0. The van der Waals surface area contributed by atoms with E-state index in [1.807, 2.05) is 50.2 Å². The molecule has 5 heteroatoms. The van der Waals surface area contributed by atoms with E-state index >= 15 is 0 Å². The summed E-state index contributed by atoms with van der Waals surface area (Å²) in [7, 11) is 3.19. The molecule has 24 heavy (non-hydrogen) atoms. The number of rotatable bonds is 6. The molecule has 0 aliphatic heterocycles. The summed E-state index contributed by atoms with van der Waals surface area (Å²) in [6.07, 6.45) is 1.54. The number of benzene rings is 2. The van der Waals surface area contributed by atoms with Crippen molar-refractivity contribution >= 4 is 23.4 Å². The van der Waals surface area contributed by atoms with Gasteiger partial charge in [-0.1, -0.05) is 35.5 Å². The van der Waals surface area contributed by atoms with Crippen LogP contribution in [0.1, 0.15) is 13.8 Å². The lowest BCUT2D eigenvalue weighted by Gasteiger charge is -2.15. The Hall–Kier alpha value is -2.40. The monoisotopic (exact) mass is 343 g/mol. The van der Waals surface area contributed by atoms with Gasteiger partial charge in [-0.2, -0.15) is 0 Å². The number of methoxy groups -OCH3 is 2. The van der Waals surface area contributed by atoms with E-state index in [-0.39, 0.29) is 5.91 Å². The second kappa shape index (κ2) is 8.45. The van der Waals surface area contributed by atoms with Crippen LogP contribution in [-0.4, -0.2) is 20.1 Å². The quantitative estimate of drug-likeness (QED) is 0.768. The number of anilines is 1. The number of hydrogen-bond acceptors (Lipinski definition) is 4. The first kappa shape index (κ1) is 17.9. The Labute approximate surface area is 146 Å². The normalized spacial score (nSPS) is 10.0. The molecule has 0 aliphatic carbocycles. The average molecular weight is 343 g/mol. The summed E-state index contributed by atoms with van der Waals surface area (Å²) in [5.74, 6) is 1.07. The fraction of sp³-hybridized carbons (Fsp3) is 0.211. The van der Waals surface area contributed by atoms with Crippen LogP contribution >= 0.6 is 11.8 Å². The fourth-order valence-corrected chi connectivity index (χ4v) is 3.05. The standard InChI is InChI=1S/C19H21NO3S/c1-13(2)10-19(21)20-15-11-17(23-4)18(12-16(15)22-3)24-14-8-6-5-7-9-14/h5-12H,1-4H3,(H,20,21). The van der Waals surface area contributed by atoms with Gasteiger partial charge < -0.3 is 14.8 Å². The second-order valence-corrected chi connectivity index (χ2v) is 6.44. The highest BCUT2D eigenvalue weighted by Crippen LogP contribution is 2.41. The number of amides is 1. The first-order valence-corrected chi connectivity index (χ1v) is 8.30. The molecular formula is C19H21NO3S. The maximum Gasteiger partial charge on any atom is 0.248 e. The lowest BCUT2D eigenvalue weighted by Crippen LogP contribution is -2.10. The summed E-state index contributed by atoms with van der Waals surface area (Å²) < 4.78 is 10.9. The van der Waals surface area contributed by atoms with Gasteiger partial charge in [0, 0.05) is 17.0 Å². The van der Waals surface area contributed by atoms with Crippen molar-refractivity contribution in [3.63, 3.8) is 0 Å². The van der Waals surface area contributed by atoms with Crippen LogP contribution in [0.2, 0.25) is 0 Å². The Morgan fingerprint density at radius 1 is 1.04 bits per heavy atom. The molecule has 0 atom stereocenters. The number of ether oxygens (including phenoxy) is 2. The highest BCUT2D eigenvalue weighted by molar-refractivity contribution is 7.99. The second-order valence-electron chi connectivity index (χ2n) is 5.33. The van der Waals surface area contributed by atoms with E-state index in [1.165, 1.54) is 0 Å². The Balaban J connectivity index is 2.34. The number of hydrogen-bond donors (Lipinski definition) is 1. The number of carbonyl (C=O) groups excluding carboxylic acids is 1. The first-order valence-electron chi connectivity index (χ1n) is 7.48. The highest BCUT2D eigenvalue weighted by atomic mass is 32.2. The molecule has 0 aromatic heterocycles. The Morgan fingerprint density at radius 2 is 1.71 bits per heavy atom. The van der Waals surface area contributed by atoms with E-state index in [9.17, 15) is 4.79 Å². The fourth-order valence-electron chi connectivity index (χ4n) is 2.09. The summed E-state index contributed by atoms with van der Waals surface area (Å²) in [4.78, 5) is 14.0. The number of nitrogens with one attached hydrogen (secondary N) is 1. The van der Waals surface area contributed by atoms with Gasteiger partial charge in [0.2, 0.25) is 5.91 Å². The van der Waals surface area contributed by atoms with Crippen molar-refractivity contribution in [1.29, 1.82) is 0 Å². The third-order valence-corrected chi connectivity index (χ3v) is 4.18.